The number of carbonyl (C=O) groups excluding carboxylic acids is 1. The Morgan fingerprint density at radius 3 is 2.59 bits per heavy atom. The predicted molar refractivity (Wildman–Crippen MR) is 63.4 cm³/mol. The van der Waals surface area contributed by atoms with Crippen molar-refractivity contribution in [1.29, 1.82) is 0 Å². The van der Waals surface area contributed by atoms with Gasteiger partial charge in [0, 0.05) is 0 Å². The summed E-state index contributed by atoms with van der Waals surface area (Å²) in [5.74, 6) is 1.11. The van der Waals surface area contributed by atoms with Crippen molar-refractivity contribution in [3.8, 4) is 0 Å². The maximum absolute atomic E-state index is 11.5. The molecule has 2 N–H and O–H groups in total. The third-order valence-corrected chi connectivity index (χ3v) is 2.70. The molecule has 1 rings (SSSR count). The normalized spacial score (nSPS) is 16.4. The minimum atomic E-state index is -1.01. The number of aryl methyl sites for hydroxylation is 2. The van der Waals surface area contributed by atoms with E-state index in [1.54, 1.807) is 11.6 Å². The standard InChI is InChI=1S/C11H20N4O2/c1-7(6-11(4,12)10(16)17-5)15-9(3)13-8(2)14-15/h7H,6,12H2,1-5H3. The Balaban J connectivity index is 2.82. The molecule has 0 aliphatic rings. The van der Waals surface area contributed by atoms with Gasteiger partial charge in [-0.2, -0.15) is 5.10 Å². The number of ether oxygens (including phenoxy) is 1. The summed E-state index contributed by atoms with van der Waals surface area (Å²) in [4.78, 5) is 15.7. The number of esters is 1. The first-order chi connectivity index (χ1) is 7.77. The summed E-state index contributed by atoms with van der Waals surface area (Å²) in [7, 11) is 1.34. The van der Waals surface area contributed by atoms with E-state index in [4.69, 9.17) is 5.73 Å². The van der Waals surface area contributed by atoms with Crippen molar-refractivity contribution in [2.24, 2.45) is 5.73 Å². The van der Waals surface area contributed by atoms with Crippen LogP contribution in [0.2, 0.25) is 0 Å². The molecule has 0 spiro atoms. The van der Waals surface area contributed by atoms with Gasteiger partial charge in [0.15, 0.2) is 0 Å². The lowest BCUT2D eigenvalue weighted by molar-refractivity contribution is -0.147. The SMILES string of the molecule is COC(=O)C(C)(N)CC(C)n1nc(C)nc1C. The first-order valence-corrected chi connectivity index (χ1v) is 5.55. The second-order valence-corrected chi connectivity index (χ2v) is 4.61. The molecule has 6 nitrogen and oxygen atoms in total. The summed E-state index contributed by atoms with van der Waals surface area (Å²) in [5.41, 5.74) is 4.92. The number of nitrogens with two attached hydrogens (primary N) is 1. The zero-order valence-electron chi connectivity index (χ0n) is 11.0. The highest BCUT2D eigenvalue weighted by molar-refractivity contribution is 5.79. The van der Waals surface area contributed by atoms with Crippen LogP contribution in [0.3, 0.4) is 0 Å². The van der Waals surface area contributed by atoms with Gasteiger partial charge in [-0.05, 0) is 34.1 Å². The number of methoxy groups -OCH3 is 1. The number of aromatic nitrogens is 3. The van der Waals surface area contributed by atoms with Crippen molar-refractivity contribution in [2.75, 3.05) is 7.11 Å². The molecular formula is C11H20N4O2. The monoisotopic (exact) mass is 240 g/mol. The third-order valence-electron chi connectivity index (χ3n) is 2.70. The number of hydrogen-bond acceptors (Lipinski definition) is 5. The van der Waals surface area contributed by atoms with E-state index in [2.05, 4.69) is 14.8 Å². The molecule has 2 unspecified atom stereocenters. The topological polar surface area (TPSA) is 83.0 Å². The molecule has 2 atom stereocenters. The molecule has 96 valence electrons. The fourth-order valence-electron chi connectivity index (χ4n) is 1.97. The Labute approximate surface area is 101 Å². The summed E-state index contributed by atoms with van der Waals surface area (Å²) in [6.07, 6.45) is 0.448. The van der Waals surface area contributed by atoms with Crippen molar-refractivity contribution in [2.45, 2.75) is 45.7 Å². The van der Waals surface area contributed by atoms with Crippen LogP contribution in [0, 0.1) is 13.8 Å². The molecular weight excluding hydrogens is 220 g/mol. The second-order valence-electron chi connectivity index (χ2n) is 4.61. The fraction of sp³-hybridized carbons (Fsp3) is 0.727. The molecule has 0 saturated heterocycles. The van der Waals surface area contributed by atoms with E-state index in [0.29, 0.717) is 12.2 Å². The Bertz CT molecular complexity index is 412. The van der Waals surface area contributed by atoms with Gasteiger partial charge in [-0.15, -0.1) is 0 Å². The number of hydrogen-bond donors (Lipinski definition) is 1. The summed E-state index contributed by atoms with van der Waals surface area (Å²) in [6, 6.07) is -0.00898. The Morgan fingerprint density at radius 1 is 1.59 bits per heavy atom. The Kier molecular flexibility index (Phi) is 3.87. The zero-order valence-corrected chi connectivity index (χ0v) is 11.0. The lowest BCUT2D eigenvalue weighted by Gasteiger charge is -2.25. The van der Waals surface area contributed by atoms with Crippen molar-refractivity contribution < 1.29 is 9.53 Å². The summed E-state index contributed by atoms with van der Waals surface area (Å²) < 4.78 is 6.46. The maximum Gasteiger partial charge on any atom is 0.325 e. The summed E-state index contributed by atoms with van der Waals surface area (Å²) >= 11 is 0. The molecule has 17 heavy (non-hydrogen) atoms. The molecule has 0 amide bonds. The van der Waals surface area contributed by atoms with E-state index < -0.39 is 11.5 Å². The van der Waals surface area contributed by atoms with E-state index in [-0.39, 0.29) is 6.04 Å². The molecule has 6 heteroatoms. The van der Waals surface area contributed by atoms with Crippen LogP contribution in [-0.2, 0) is 9.53 Å². The van der Waals surface area contributed by atoms with Gasteiger partial charge in [-0.3, -0.25) is 4.79 Å². The van der Waals surface area contributed by atoms with Crippen LogP contribution < -0.4 is 5.73 Å². The van der Waals surface area contributed by atoms with Crippen LogP contribution in [0.15, 0.2) is 0 Å². The van der Waals surface area contributed by atoms with Gasteiger partial charge in [-0.25, -0.2) is 9.67 Å². The van der Waals surface area contributed by atoms with Gasteiger partial charge < -0.3 is 10.5 Å². The van der Waals surface area contributed by atoms with Gasteiger partial charge in [-0.1, -0.05) is 0 Å². The highest BCUT2D eigenvalue weighted by Crippen LogP contribution is 2.20. The minimum Gasteiger partial charge on any atom is -0.468 e. The number of rotatable bonds is 4. The van der Waals surface area contributed by atoms with Gasteiger partial charge in [0.05, 0.1) is 13.2 Å². The first kappa shape index (κ1) is 13.6. The Hall–Kier alpha value is -1.43. The van der Waals surface area contributed by atoms with E-state index in [0.717, 1.165) is 5.82 Å². The maximum atomic E-state index is 11.5. The van der Waals surface area contributed by atoms with Crippen LogP contribution in [-0.4, -0.2) is 33.4 Å². The minimum absolute atomic E-state index is 0.00898. The van der Waals surface area contributed by atoms with Crippen LogP contribution in [0.1, 0.15) is 38.0 Å². The molecule has 0 radical (unpaired) electrons. The van der Waals surface area contributed by atoms with Gasteiger partial charge >= 0.3 is 5.97 Å². The van der Waals surface area contributed by atoms with Crippen molar-refractivity contribution in [3.63, 3.8) is 0 Å². The third kappa shape index (κ3) is 3.03. The van der Waals surface area contributed by atoms with E-state index in [9.17, 15) is 4.79 Å². The Morgan fingerprint density at radius 2 is 2.18 bits per heavy atom. The van der Waals surface area contributed by atoms with Gasteiger partial charge in [0.2, 0.25) is 0 Å². The lowest BCUT2D eigenvalue weighted by Crippen LogP contribution is -2.47. The molecule has 0 aliphatic heterocycles. The molecule has 1 heterocycles. The molecule has 1 aromatic rings. The average molecular weight is 240 g/mol. The van der Waals surface area contributed by atoms with Crippen molar-refractivity contribution >= 4 is 5.97 Å². The predicted octanol–water partition coefficient (Wildman–Crippen LogP) is 0.736. The molecule has 0 bridgehead atoms. The second kappa shape index (κ2) is 4.83. The van der Waals surface area contributed by atoms with E-state index >= 15 is 0 Å². The zero-order chi connectivity index (χ0) is 13.2. The van der Waals surface area contributed by atoms with Crippen molar-refractivity contribution in [3.05, 3.63) is 11.6 Å². The highest BCUT2D eigenvalue weighted by Gasteiger charge is 2.32. The van der Waals surface area contributed by atoms with Crippen LogP contribution in [0.25, 0.3) is 0 Å². The molecule has 0 saturated carbocycles. The average Bonchev–Trinajstić information content (AvgIpc) is 2.56. The molecule has 1 aromatic heterocycles. The molecule has 0 aliphatic carbocycles. The highest BCUT2D eigenvalue weighted by atomic mass is 16.5. The van der Waals surface area contributed by atoms with Crippen molar-refractivity contribution in [1.82, 2.24) is 14.8 Å². The van der Waals surface area contributed by atoms with E-state index in [1.807, 2.05) is 20.8 Å². The van der Waals surface area contributed by atoms with Crippen LogP contribution >= 0.6 is 0 Å². The first-order valence-electron chi connectivity index (χ1n) is 5.55. The lowest BCUT2D eigenvalue weighted by atomic mass is 9.95. The molecule has 0 aromatic carbocycles. The largest absolute Gasteiger partial charge is 0.468 e. The summed E-state index contributed by atoms with van der Waals surface area (Å²) in [6.45, 7) is 7.32. The van der Waals surface area contributed by atoms with Crippen LogP contribution in [0.5, 0.6) is 0 Å². The number of nitrogens with zero attached hydrogens (tertiary/aromatic N) is 3. The quantitative estimate of drug-likeness (QED) is 0.785. The number of carbonyl (C=O) groups is 1. The van der Waals surface area contributed by atoms with Gasteiger partial charge in [0.25, 0.3) is 0 Å². The fourth-order valence-corrected chi connectivity index (χ4v) is 1.97. The smallest absolute Gasteiger partial charge is 0.325 e. The van der Waals surface area contributed by atoms with Gasteiger partial charge in [0.1, 0.15) is 17.2 Å². The summed E-state index contributed by atoms with van der Waals surface area (Å²) in [5, 5.41) is 4.28. The van der Waals surface area contributed by atoms with Crippen LogP contribution in [0.4, 0.5) is 0 Å². The van der Waals surface area contributed by atoms with E-state index in [1.165, 1.54) is 7.11 Å². The molecule has 0 fully saturated rings.